The molecule has 35 heavy (non-hydrogen) atoms. The molecule has 1 amide bonds. The molecule has 7 heteroatoms. The highest BCUT2D eigenvalue weighted by atomic mass is 16.5. The van der Waals surface area contributed by atoms with E-state index in [-0.39, 0.29) is 12.0 Å². The molecule has 1 saturated heterocycles. The quantitative estimate of drug-likeness (QED) is 0.303. The van der Waals surface area contributed by atoms with Crippen LogP contribution in [-0.4, -0.2) is 58.0 Å². The maximum absolute atomic E-state index is 13.6. The molecule has 0 aliphatic carbocycles. The topological polar surface area (TPSA) is 69.5 Å². The minimum Gasteiger partial charge on any atom is -0.491 e. The van der Waals surface area contributed by atoms with Gasteiger partial charge in [-0.1, -0.05) is 60.7 Å². The van der Waals surface area contributed by atoms with Crippen molar-refractivity contribution in [3.63, 3.8) is 0 Å². The minimum atomic E-state index is -0.212. The van der Waals surface area contributed by atoms with E-state index in [0.717, 1.165) is 22.6 Å². The second-order valence-corrected chi connectivity index (χ2v) is 8.22. The lowest BCUT2D eigenvalue weighted by Crippen LogP contribution is -2.47. The molecule has 1 fully saturated rings. The molecule has 176 valence electrons. The molecule has 1 aliphatic heterocycles. The normalized spacial score (nSPS) is 16.2. The van der Waals surface area contributed by atoms with Crippen molar-refractivity contribution in [2.45, 2.75) is 6.10 Å². The monoisotopic (exact) mass is 466 g/mol. The fourth-order valence-electron chi connectivity index (χ4n) is 4.00. The highest BCUT2D eigenvalue weighted by Crippen LogP contribution is 2.23. The molecule has 4 aromatic rings. The Hall–Kier alpha value is -4.23. The summed E-state index contributed by atoms with van der Waals surface area (Å²) in [7, 11) is 0. The van der Waals surface area contributed by atoms with Gasteiger partial charge < -0.3 is 14.4 Å². The molecule has 0 bridgehead atoms. The zero-order valence-corrected chi connectivity index (χ0v) is 19.2. The van der Waals surface area contributed by atoms with E-state index >= 15 is 0 Å². The van der Waals surface area contributed by atoms with Crippen molar-refractivity contribution < 1.29 is 14.3 Å². The summed E-state index contributed by atoms with van der Waals surface area (Å²) in [6.07, 6.45) is 4.88. The van der Waals surface area contributed by atoms with Gasteiger partial charge in [-0.3, -0.25) is 4.79 Å². The number of morpholine rings is 1. The van der Waals surface area contributed by atoms with Crippen LogP contribution in [0.3, 0.4) is 0 Å². The molecular formula is C28H26N4O3. The van der Waals surface area contributed by atoms with Gasteiger partial charge in [0.25, 0.3) is 5.91 Å². The van der Waals surface area contributed by atoms with Crippen molar-refractivity contribution in [1.29, 1.82) is 0 Å². The summed E-state index contributed by atoms with van der Waals surface area (Å²) in [5.74, 6) is 0.723. The van der Waals surface area contributed by atoms with Gasteiger partial charge >= 0.3 is 0 Å². The molecule has 1 aromatic heterocycles. The second kappa shape index (κ2) is 10.8. The van der Waals surface area contributed by atoms with E-state index < -0.39 is 0 Å². The third-order valence-corrected chi connectivity index (χ3v) is 5.81. The second-order valence-electron chi connectivity index (χ2n) is 8.22. The Morgan fingerprint density at radius 3 is 2.46 bits per heavy atom. The molecule has 1 aliphatic rings. The maximum atomic E-state index is 13.6. The Morgan fingerprint density at radius 2 is 1.74 bits per heavy atom. The van der Waals surface area contributed by atoms with E-state index in [2.05, 4.69) is 10.1 Å². The van der Waals surface area contributed by atoms with Gasteiger partial charge in [0.05, 0.1) is 18.8 Å². The molecule has 7 nitrogen and oxygen atoms in total. The fraction of sp³-hybridized carbons (Fsp3) is 0.179. The van der Waals surface area contributed by atoms with Crippen molar-refractivity contribution in [2.24, 2.45) is 0 Å². The van der Waals surface area contributed by atoms with Crippen molar-refractivity contribution in [3.8, 4) is 11.4 Å². The maximum Gasteiger partial charge on any atom is 0.254 e. The number of nitrogens with zero attached hydrogens (tertiary/aromatic N) is 4. The van der Waals surface area contributed by atoms with Crippen LogP contribution in [0, 0.1) is 0 Å². The van der Waals surface area contributed by atoms with Gasteiger partial charge in [0.2, 0.25) is 0 Å². The van der Waals surface area contributed by atoms with Crippen LogP contribution in [0.2, 0.25) is 0 Å². The summed E-state index contributed by atoms with van der Waals surface area (Å²) in [4.78, 5) is 19.4. The fourth-order valence-corrected chi connectivity index (χ4v) is 4.00. The van der Waals surface area contributed by atoms with E-state index in [9.17, 15) is 4.79 Å². The third-order valence-electron chi connectivity index (χ3n) is 5.81. The first kappa shape index (κ1) is 22.6. The molecule has 1 atom stereocenters. The molecule has 0 radical (unpaired) electrons. The molecule has 0 spiro atoms. The number of carbonyl (C=O) groups is 1. The number of carbonyl (C=O) groups excluding carboxylic acids is 1. The average Bonchev–Trinajstić information content (AvgIpc) is 3.47. The predicted molar refractivity (Wildman–Crippen MR) is 134 cm³/mol. The first-order valence-corrected chi connectivity index (χ1v) is 11.6. The van der Waals surface area contributed by atoms with E-state index in [1.807, 2.05) is 95.9 Å². The number of benzene rings is 3. The highest BCUT2D eigenvalue weighted by Gasteiger charge is 2.27. The Bertz CT molecular complexity index is 1260. The number of aromatic nitrogens is 3. The number of ether oxygens (including phenoxy) is 2. The van der Waals surface area contributed by atoms with E-state index in [4.69, 9.17) is 9.47 Å². The molecule has 2 heterocycles. The van der Waals surface area contributed by atoms with E-state index in [1.165, 1.54) is 6.33 Å². The summed E-state index contributed by atoms with van der Waals surface area (Å²) in [5.41, 5.74) is 3.46. The van der Waals surface area contributed by atoms with Gasteiger partial charge in [-0.15, -0.1) is 0 Å². The number of rotatable bonds is 7. The van der Waals surface area contributed by atoms with Gasteiger partial charge in [-0.25, -0.2) is 9.67 Å². The molecular weight excluding hydrogens is 440 g/mol. The van der Waals surface area contributed by atoms with Crippen LogP contribution >= 0.6 is 0 Å². The molecule has 5 rings (SSSR count). The van der Waals surface area contributed by atoms with Gasteiger partial charge in [0.15, 0.2) is 0 Å². The van der Waals surface area contributed by atoms with Crippen LogP contribution in [0.15, 0.2) is 97.6 Å². The summed E-state index contributed by atoms with van der Waals surface area (Å²) < 4.78 is 13.6. The van der Waals surface area contributed by atoms with Crippen LogP contribution < -0.4 is 4.74 Å². The van der Waals surface area contributed by atoms with Gasteiger partial charge in [0, 0.05) is 12.1 Å². The zero-order chi connectivity index (χ0) is 23.9. The van der Waals surface area contributed by atoms with E-state index in [0.29, 0.717) is 31.9 Å². The Balaban J connectivity index is 1.26. The molecule has 1 unspecified atom stereocenters. The number of hydrogen-bond donors (Lipinski definition) is 0. The largest absolute Gasteiger partial charge is 0.491 e. The minimum absolute atomic E-state index is 0.00876. The lowest BCUT2D eigenvalue weighted by Gasteiger charge is -2.33. The van der Waals surface area contributed by atoms with Crippen molar-refractivity contribution in [1.82, 2.24) is 19.7 Å². The predicted octanol–water partition coefficient (Wildman–Crippen LogP) is 4.11. The Labute approximate surface area is 204 Å². The molecule has 0 saturated carbocycles. The average molecular weight is 467 g/mol. The van der Waals surface area contributed by atoms with Gasteiger partial charge in [0.1, 0.15) is 31.1 Å². The highest BCUT2D eigenvalue weighted by molar-refractivity contribution is 6.24. The molecule has 0 N–H and O–H groups in total. The van der Waals surface area contributed by atoms with Crippen molar-refractivity contribution in [3.05, 3.63) is 109 Å². The van der Waals surface area contributed by atoms with Crippen LogP contribution in [0.1, 0.15) is 11.1 Å². The lowest BCUT2D eigenvalue weighted by molar-refractivity contribution is -0.133. The Morgan fingerprint density at radius 1 is 1.00 bits per heavy atom. The van der Waals surface area contributed by atoms with Crippen LogP contribution in [0.4, 0.5) is 0 Å². The summed E-state index contributed by atoms with van der Waals surface area (Å²) in [6, 6.07) is 27.3. The van der Waals surface area contributed by atoms with Crippen molar-refractivity contribution in [2.75, 3.05) is 26.3 Å². The van der Waals surface area contributed by atoms with Gasteiger partial charge in [-0.2, -0.15) is 5.10 Å². The number of hydrogen-bond acceptors (Lipinski definition) is 5. The van der Waals surface area contributed by atoms with Crippen LogP contribution in [0.5, 0.6) is 5.75 Å². The zero-order valence-electron chi connectivity index (χ0n) is 19.2. The lowest BCUT2D eigenvalue weighted by atomic mass is 10.0. The first-order chi connectivity index (χ1) is 17.3. The van der Waals surface area contributed by atoms with Crippen LogP contribution in [0.25, 0.3) is 17.3 Å². The Kier molecular flexibility index (Phi) is 6.96. The van der Waals surface area contributed by atoms with E-state index in [1.54, 1.807) is 11.0 Å². The molecule has 3 aromatic carbocycles. The van der Waals surface area contributed by atoms with Crippen molar-refractivity contribution >= 4 is 17.6 Å². The summed E-state index contributed by atoms with van der Waals surface area (Å²) in [5, 5.41) is 4.13. The SMILES string of the molecule is O=C(C(=Cc1ccccc1)c1ccccc1)N1CCOC(COc2ccc(-n3cncn3)cc2)C1. The smallest absolute Gasteiger partial charge is 0.254 e. The summed E-state index contributed by atoms with van der Waals surface area (Å²) in [6.45, 7) is 1.84. The standard InChI is InChI=1S/C28H26N4O3/c33-28(27(23-9-5-2-6-10-23)17-22-7-3-1-4-8-22)31-15-16-34-26(18-31)19-35-25-13-11-24(12-14-25)32-21-29-20-30-32/h1-14,17,20-21,26H,15-16,18-19H2. The third kappa shape index (κ3) is 5.65. The van der Waals surface area contributed by atoms with Crippen LogP contribution in [-0.2, 0) is 9.53 Å². The first-order valence-electron chi connectivity index (χ1n) is 11.6. The summed E-state index contributed by atoms with van der Waals surface area (Å²) >= 11 is 0. The number of amides is 1. The van der Waals surface area contributed by atoms with Gasteiger partial charge in [-0.05, 0) is 41.5 Å².